The van der Waals surface area contributed by atoms with Crippen molar-refractivity contribution in [1.29, 1.82) is 0 Å². The topological polar surface area (TPSA) is 49.6 Å². The number of rotatable bonds is 2. The maximum Gasteiger partial charge on any atom is 0.237 e. The van der Waals surface area contributed by atoms with Crippen LogP contribution in [-0.4, -0.2) is 54.0 Å². The fraction of sp³-hybridized carbons (Fsp3) is 0.938. The van der Waals surface area contributed by atoms with Crippen LogP contribution in [0.4, 0.5) is 0 Å². The first-order valence-electron chi connectivity index (χ1n) is 8.51. The van der Waals surface area contributed by atoms with Crippen LogP contribution >= 0.6 is 12.4 Å². The molecule has 3 aliphatic rings. The second kappa shape index (κ2) is 7.80. The Bertz CT molecular complexity index is 342. The molecule has 2 aliphatic heterocycles. The first kappa shape index (κ1) is 17.0. The van der Waals surface area contributed by atoms with Crippen LogP contribution in [0.2, 0.25) is 0 Å². The Balaban J connectivity index is 0.00000161. The quantitative estimate of drug-likeness (QED) is 0.848. The average Bonchev–Trinajstić information content (AvgIpc) is 2.49. The second-order valence-electron chi connectivity index (χ2n) is 6.95. The smallest absolute Gasteiger partial charge is 0.237 e. The van der Waals surface area contributed by atoms with E-state index in [-0.39, 0.29) is 12.4 Å². The molecule has 3 fully saturated rings. The summed E-state index contributed by atoms with van der Waals surface area (Å²) in [4.78, 5) is 17.2. The van der Waals surface area contributed by atoms with E-state index in [9.17, 15) is 4.79 Å². The van der Waals surface area contributed by atoms with Crippen LogP contribution in [0.15, 0.2) is 0 Å². The van der Waals surface area contributed by atoms with E-state index in [1.165, 1.54) is 38.5 Å². The van der Waals surface area contributed by atoms with Crippen molar-refractivity contribution in [3.63, 3.8) is 0 Å². The minimum atomic E-state index is 0. The number of amides is 1. The molecule has 0 radical (unpaired) electrons. The SMILES string of the molecule is Cl.NC1CCN(CC(=O)N2CCCC3CCCCC32)CC1. The van der Waals surface area contributed by atoms with E-state index in [4.69, 9.17) is 5.73 Å². The zero-order chi connectivity index (χ0) is 13.9. The van der Waals surface area contributed by atoms with Crippen LogP contribution < -0.4 is 5.73 Å². The highest BCUT2D eigenvalue weighted by atomic mass is 35.5. The lowest BCUT2D eigenvalue weighted by atomic mass is 9.78. The molecular formula is C16H30ClN3O. The van der Waals surface area contributed by atoms with Gasteiger partial charge < -0.3 is 10.6 Å². The zero-order valence-corrected chi connectivity index (χ0v) is 13.8. The lowest BCUT2D eigenvalue weighted by Gasteiger charge is -2.45. The summed E-state index contributed by atoms with van der Waals surface area (Å²) in [6.45, 7) is 3.60. The summed E-state index contributed by atoms with van der Waals surface area (Å²) in [5.41, 5.74) is 5.94. The molecule has 1 aliphatic carbocycles. The number of likely N-dealkylation sites (tertiary alicyclic amines) is 2. The molecule has 5 heteroatoms. The summed E-state index contributed by atoms with van der Waals surface area (Å²) in [5.74, 6) is 1.16. The summed E-state index contributed by atoms with van der Waals surface area (Å²) in [6, 6.07) is 0.899. The lowest BCUT2D eigenvalue weighted by molar-refractivity contribution is -0.139. The minimum absolute atomic E-state index is 0. The number of halogens is 1. The molecular weight excluding hydrogens is 286 g/mol. The molecule has 2 unspecified atom stereocenters. The van der Waals surface area contributed by atoms with Crippen molar-refractivity contribution in [2.45, 2.75) is 63.5 Å². The number of carbonyl (C=O) groups excluding carboxylic acids is 1. The van der Waals surface area contributed by atoms with Gasteiger partial charge in [0.2, 0.25) is 5.91 Å². The highest BCUT2D eigenvalue weighted by Crippen LogP contribution is 2.35. The summed E-state index contributed by atoms with van der Waals surface area (Å²) in [7, 11) is 0. The van der Waals surface area contributed by atoms with E-state index in [1.54, 1.807) is 0 Å². The van der Waals surface area contributed by atoms with Crippen LogP contribution in [0.3, 0.4) is 0 Å². The highest BCUT2D eigenvalue weighted by Gasteiger charge is 2.36. The molecule has 0 aromatic heterocycles. The molecule has 0 bridgehead atoms. The van der Waals surface area contributed by atoms with Gasteiger partial charge in [0.05, 0.1) is 6.54 Å². The fourth-order valence-corrected chi connectivity index (χ4v) is 4.33. The van der Waals surface area contributed by atoms with Crippen molar-refractivity contribution in [2.24, 2.45) is 11.7 Å². The normalized spacial score (nSPS) is 31.4. The van der Waals surface area contributed by atoms with E-state index >= 15 is 0 Å². The molecule has 3 rings (SSSR count). The molecule has 4 nitrogen and oxygen atoms in total. The molecule has 1 amide bonds. The maximum absolute atomic E-state index is 12.7. The third-order valence-electron chi connectivity index (χ3n) is 5.55. The van der Waals surface area contributed by atoms with Gasteiger partial charge in [0.25, 0.3) is 0 Å². The van der Waals surface area contributed by atoms with E-state index in [0.717, 1.165) is 38.4 Å². The van der Waals surface area contributed by atoms with Gasteiger partial charge in [-0.3, -0.25) is 9.69 Å². The van der Waals surface area contributed by atoms with Gasteiger partial charge >= 0.3 is 0 Å². The van der Waals surface area contributed by atoms with Gasteiger partial charge in [-0.25, -0.2) is 0 Å². The number of carbonyl (C=O) groups is 1. The summed E-state index contributed by atoms with van der Waals surface area (Å²) < 4.78 is 0. The average molecular weight is 316 g/mol. The summed E-state index contributed by atoms with van der Waals surface area (Å²) in [6.07, 6.45) is 9.88. The van der Waals surface area contributed by atoms with Gasteiger partial charge in [-0.2, -0.15) is 0 Å². The van der Waals surface area contributed by atoms with Gasteiger partial charge in [0, 0.05) is 31.7 Å². The van der Waals surface area contributed by atoms with Gasteiger partial charge in [-0.15, -0.1) is 12.4 Å². The molecule has 2 saturated heterocycles. The second-order valence-corrected chi connectivity index (χ2v) is 6.95. The number of nitrogens with two attached hydrogens (primary N) is 1. The van der Waals surface area contributed by atoms with E-state index in [2.05, 4.69) is 9.80 Å². The van der Waals surface area contributed by atoms with E-state index in [1.807, 2.05) is 0 Å². The number of fused-ring (bicyclic) bond motifs is 1. The largest absolute Gasteiger partial charge is 0.338 e. The molecule has 122 valence electrons. The number of piperidine rings is 2. The molecule has 2 N–H and O–H groups in total. The van der Waals surface area contributed by atoms with Crippen molar-refractivity contribution in [3.05, 3.63) is 0 Å². The molecule has 2 heterocycles. The third-order valence-corrected chi connectivity index (χ3v) is 5.55. The summed E-state index contributed by atoms with van der Waals surface area (Å²) in [5, 5.41) is 0. The standard InChI is InChI=1S/C16H29N3O.ClH/c17-14-7-10-18(11-8-14)12-16(20)19-9-3-5-13-4-1-2-6-15(13)19;/h13-15H,1-12,17H2;1H. The van der Waals surface area contributed by atoms with Crippen LogP contribution in [-0.2, 0) is 4.79 Å². The zero-order valence-electron chi connectivity index (χ0n) is 13.0. The van der Waals surface area contributed by atoms with Crippen LogP contribution in [0.1, 0.15) is 51.4 Å². The Morgan fingerprint density at radius 2 is 1.62 bits per heavy atom. The number of nitrogens with zero attached hydrogens (tertiary/aromatic N) is 2. The fourth-order valence-electron chi connectivity index (χ4n) is 4.33. The summed E-state index contributed by atoms with van der Waals surface area (Å²) >= 11 is 0. The Morgan fingerprint density at radius 3 is 2.38 bits per heavy atom. The lowest BCUT2D eigenvalue weighted by Crippen LogP contribution is -2.53. The monoisotopic (exact) mass is 315 g/mol. The van der Waals surface area contributed by atoms with Crippen molar-refractivity contribution in [3.8, 4) is 0 Å². The van der Waals surface area contributed by atoms with E-state index in [0.29, 0.717) is 24.5 Å². The van der Waals surface area contributed by atoms with Gasteiger partial charge in [-0.1, -0.05) is 12.8 Å². The molecule has 0 aromatic carbocycles. The van der Waals surface area contributed by atoms with Crippen LogP contribution in [0.5, 0.6) is 0 Å². The van der Waals surface area contributed by atoms with Gasteiger partial charge in [-0.05, 0) is 44.4 Å². The van der Waals surface area contributed by atoms with Crippen molar-refractivity contribution in [1.82, 2.24) is 9.80 Å². The van der Waals surface area contributed by atoms with Crippen molar-refractivity contribution in [2.75, 3.05) is 26.2 Å². The molecule has 0 spiro atoms. The Labute approximate surface area is 134 Å². The van der Waals surface area contributed by atoms with E-state index < -0.39 is 0 Å². The predicted octanol–water partition coefficient (Wildman–Crippen LogP) is 2.01. The number of hydrogen-bond acceptors (Lipinski definition) is 3. The Morgan fingerprint density at radius 1 is 0.952 bits per heavy atom. The Kier molecular flexibility index (Phi) is 6.33. The van der Waals surface area contributed by atoms with Crippen molar-refractivity contribution < 1.29 is 4.79 Å². The first-order valence-corrected chi connectivity index (χ1v) is 8.51. The molecule has 2 atom stereocenters. The number of hydrogen-bond donors (Lipinski definition) is 1. The first-order chi connectivity index (χ1) is 9.74. The van der Waals surface area contributed by atoms with Crippen LogP contribution in [0.25, 0.3) is 0 Å². The van der Waals surface area contributed by atoms with Crippen molar-refractivity contribution >= 4 is 18.3 Å². The molecule has 0 aromatic rings. The third kappa shape index (κ3) is 4.11. The van der Waals surface area contributed by atoms with Gasteiger partial charge in [0.1, 0.15) is 0 Å². The van der Waals surface area contributed by atoms with Gasteiger partial charge in [0.15, 0.2) is 0 Å². The molecule has 21 heavy (non-hydrogen) atoms. The minimum Gasteiger partial charge on any atom is -0.338 e. The Hall–Kier alpha value is -0.320. The molecule has 1 saturated carbocycles. The predicted molar refractivity (Wildman–Crippen MR) is 87.6 cm³/mol. The maximum atomic E-state index is 12.7. The van der Waals surface area contributed by atoms with Crippen LogP contribution in [0, 0.1) is 5.92 Å². The highest BCUT2D eigenvalue weighted by molar-refractivity contribution is 5.85.